The van der Waals surface area contributed by atoms with Crippen LogP contribution in [0.5, 0.6) is 0 Å². The number of hydrogen-bond donors (Lipinski definition) is 2. The number of aldehydes is 1. The van der Waals surface area contributed by atoms with Gasteiger partial charge >= 0.3 is 0 Å². The topological polar surface area (TPSA) is 105 Å². The molecule has 2 rings (SSSR count). The summed E-state index contributed by atoms with van der Waals surface area (Å²) >= 11 is 0. The van der Waals surface area contributed by atoms with E-state index in [-0.39, 0.29) is 13.1 Å². The maximum absolute atomic E-state index is 11.6. The third-order valence-corrected chi connectivity index (χ3v) is 3.97. The summed E-state index contributed by atoms with van der Waals surface area (Å²) in [6.45, 7) is 0.309. The number of nitrogens with zero attached hydrogens (tertiary/aromatic N) is 2. The van der Waals surface area contributed by atoms with Crippen molar-refractivity contribution in [3.8, 4) is 0 Å². The molecule has 1 aromatic heterocycles. The fourth-order valence-corrected chi connectivity index (χ4v) is 2.91. The Hall–Kier alpha value is -1.51. The Labute approximate surface area is 98.8 Å². The Kier molecular flexibility index (Phi) is 3.09. The van der Waals surface area contributed by atoms with E-state index in [1.807, 2.05) is 0 Å². The lowest BCUT2D eigenvalue weighted by Gasteiger charge is -2.12. The molecule has 1 aromatic rings. The Morgan fingerprint density at radius 1 is 1.59 bits per heavy atom. The number of carbonyl (C=O) groups is 1. The molecule has 3 N–H and O–H groups in total. The maximum atomic E-state index is 11.6. The Morgan fingerprint density at radius 3 is 2.88 bits per heavy atom. The lowest BCUT2D eigenvalue weighted by molar-refractivity contribution is -0.109. The Balaban J connectivity index is 2.14. The number of carbonyl (C=O) groups excluding carboxylic acids is 1. The van der Waals surface area contributed by atoms with Gasteiger partial charge in [-0.25, -0.2) is 4.98 Å². The summed E-state index contributed by atoms with van der Waals surface area (Å²) < 4.78 is 26.7. The summed E-state index contributed by atoms with van der Waals surface area (Å²) in [6.07, 6.45) is 2.10. The minimum atomic E-state index is -3.56. The van der Waals surface area contributed by atoms with Crippen LogP contribution in [0.25, 0.3) is 0 Å². The smallest absolute Gasteiger partial charge is 0.280 e. The predicted molar refractivity (Wildman–Crippen MR) is 61.0 cm³/mol. The van der Waals surface area contributed by atoms with Crippen LogP contribution in [0.15, 0.2) is 18.3 Å². The summed E-state index contributed by atoms with van der Waals surface area (Å²) in [6, 6.07) is 2.62. The molecule has 0 saturated carbocycles. The van der Waals surface area contributed by atoms with E-state index in [4.69, 9.17) is 5.73 Å². The average molecular weight is 256 g/mol. The van der Waals surface area contributed by atoms with Gasteiger partial charge in [0.25, 0.3) is 10.2 Å². The molecule has 0 radical (unpaired) electrons. The number of anilines is 1. The second-order valence-electron chi connectivity index (χ2n) is 3.75. The summed E-state index contributed by atoms with van der Waals surface area (Å²) in [4.78, 5) is 14.4. The van der Waals surface area contributed by atoms with Crippen molar-refractivity contribution in [3.05, 3.63) is 23.9 Å². The number of nitrogen functional groups attached to an aromatic ring is 1. The molecule has 7 nitrogen and oxygen atoms in total. The van der Waals surface area contributed by atoms with Crippen molar-refractivity contribution < 1.29 is 13.2 Å². The number of aromatic nitrogens is 1. The van der Waals surface area contributed by atoms with Crippen molar-refractivity contribution in [1.29, 1.82) is 0 Å². The molecule has 92 valence electrons. The summed E-state index contributed by atoms with van der Waals surface area (Å²) in [7, 11) is -3.56. The Bertz CT molecular complexity index is 514. The van der Waals surface area contributed by atoms with Crippen molar-refractivity contribution >= 4 is 22.3 Å². The molecule has 1 aliphatic heterocycles. The SMILES string of the molecule is Nc1ccc(CN2CC(C=O)NS2(=O)=O)cn1. The van der Waals surface area contributed by atoms with Gasteiger partial charge in [0.1, 0.15) is 12.1 Å². The normalized spacial score (nSPS) is 23.6. The van der Waals surface area contributed by atoms with Crippen LogP contribution in [-0.4, -0.2) is 36.6 Å². The van der Waals surface area contributed by atoms with Crippen molar-refractivity contribution in [2.75, 3.05) is 12.3 Å². The molecular formula is C9H12N4O3S. The number of nitrogens with one attached hydrogen (secondary N) is 1. The van der Waals surface area contributed by atoms with Crippen LogP contribution in [0.4, 0.5) is 5.82 Å². The fourth-order valence-electron chi connectivity index (χ4n) is 1.57. The quantitative estimate of drug-likeness (QED) is 0.666. The van der Waals surface area contributed by atoms with Gasteiger partial charge in [0.2, 0.25) is 0 Å². The minimum Gasteiger partial charge on any atom is -0.384 e. The Morgan fingerprint density at radius 2 is 2.35 bits per heavy atom. The second kappa shape index (κ2) is 4.40. The molecule has 0 amide bonds. The van der Waals surface area contributed by atoms with Crippen LogP contribution in [-0.2, 0) is 21.5 Å². The van der Waals surface area contributed by atoms with Crippen molar-refractivity contribution in [2.24, 2.45) is 0 Å². The van der Waals surface area contributed by atoms with Crippen LogP contribution in [0.1, 0.15) is 5.56 Å². The molecule has 2 heterocycles. The van der Waals surface area contributed by atoms with Crippen LogP contribution in [0, 0.1) is 0 Å². The van der Waals surface area contributed by atoms with Gasteiger partial charge in [-0.1, -0.05) is 6.07 Å². The first-order valence-corrected chi connectivity index (χ1v) is 6.38. The molecule has 0 spiro atoms. The van der Waals surface area contributed by atoms with Gasteiger partial charge in [-0.05, 0) is 11.6 Å². The second-order valence-corrected chi connectivity index (χ2v) is 5.45. The molecule has 0 aromatic carbocycles. The zero-order valence-corrected chi connectivity index (χ0v) is 9.72. The first kappa shape index (κ1) is 12.0. The van der Waals surface area contributed by atoms with Crippen molar-refractivity contribution in [3.63, 3.8) is 0 Å². The van der Waals surface area contributed by atoms with E-state index >= 15 is 0 Å². The van der Waals surface area contributed by atoms with Crippen LogP contribution >= 0.6 is 0 Å². The first-order chi connectivity index (χ1) is 8.01. The highest BCUT2D eigenvalue weighted by Gasteiger charge is 2.34. The van der Waals surface area contributed by atoms with E-state index < -0.39 is 16.3 Å². The van der Waals surface area contributed by atoms with E-state index in [0.29, 0.717) is 12.1 Å². The van der Waals surface area contributed by atoms with Crippen molar-refractivity contribution in [1.82, 2.24) is 14.0 Å². The van der Waals surface area contributed by atoms with E-state index in [2.05, 4.69) is 9.71 Å². The van der Waals surface area contributed by atoms with Crippen molar-refractivity contribution in [2.45, 2.75) is 12.6 Å². The van der Waals surface area contributed by atoms with Crippen LogP contribution < -0.4 is 10.5 Å². The average Bonchev–Trinajstić information content (AvgIpc) is 2.57. The molecule has 17 heavy (non-hydrogen) atoms. The zero-order chi connectivity index (χ0) is 12.5. The van der Waals surface area contributed by atoms with Gasteiger partial charge in [-0.15, -0.1) is 0 Å². The number of pyridine rings is 1. The standard InChI is InChI=1S/C9H12N4O3S/c10-9-2-1-7(3-11-9)4-13-5-8(6-14)12-17(13,15)16/h1-3,6,8,12H,4-5H2,(H2,10,11). The molecular weight excluding hydrogens is 244 g/mol. The highest BCUT2D eigenvalue weighted by Crippen LogP contribution is 2.14. The van der Waals surface area contributed by atoms with Crippen LogP contribution in [0.2, 0.25) is 0 Å². The number of nitrogens with two attached hydrogens (primary N) is 1. The minimum absolute atomic E-state index is 0.135. The third-order valence-electron chi connectivity index (χ3n) is 2.41. The fraction of sp³-hybridized carbons (Fsp3) is 0.333. The molecule has 0 aliphatic carbocycles. The molecule has 1 unspecified atom stereocenters. The molecule has 1 aliphatic rings. The van der Waals surface area contributed by atoms with Gasteiger partial charge in [-0.2, -0.15) is 17.4 Å². The highest BCUT2D eigenvalue weighted by molar-refractivity contribution is 7.87. The summed E-state index contributed by atoms with van der Waals surface area (Å²) in [5.41, 5.74) is 6.15. The third kappa shape index (κ3) is 2.60. The lowest BCUT2D eigenvalue weighted by Crippen LogP contribution is -2.30. The number of hydrogen-bond acceptors (Lipinski definition) is 5. The molecule has 0 bridgehead atoms. The van der Waals surface area contributed by atoms with Gasteiger partial charge < -0.3 is 10.5 Å². The molecule has 1 atom stereocenters. The van der Waals surface area contributed by atoms with Gasteiger partial charge in [-0.3, -0.25) is 0 Å². The molecule has 8 heteroatoms. The maximum Gasteiger partial charge on any atom is 0.280 e. The van der Waals surface area contributed by atoms with Gasteiger partial charge in [0.05, 0.1) is 6.04 Å². The van der Waals surface area contributed by atoms with E-state index in [1.165, 1.54) is 10.5 Å². The zero-order valence-electron chi connectivity index (χ0n) is 8.91. The van der Waals surface area contributed by atoms with Gasteiger partial charge in [0, 0.05) is 19.3 Å². The van der Waals surface area contributed by atoms with Gasteiger partial charge in [0.15, 0.2) is 0 Å². The molecule has 1 fully saturated rings. The van der Waals surface area contributed by atoms with E-state index in [0.717, 1.165) is 5.56 Å². The first-order valence-electron chi connectivity index (χ1n) is 4.94. The van der Waals surface area contributed by atoms with E-state index in [1.54, 1.807) is 12.1 Å². The monoisotopic (exact) mass is 256 g/mol. The highest BCUT2D eigenvalue weighted by atomic mass is 32.2. The molecule has 1 saturated heterocycles. The summed E-state index contributed by atoms with van der Waals surface area (Å²) in [5, 5.41) is 0. The number of rotatable bonds is 3. The largest absolute Gasteiger partial charge is 0.384 e. The summed E-state index contributed by atoms with van der Waals surface area (Å²) in [5.74, 6) is 0.377. The van der Waals surface area contributed by atoms with Crippen LogP contribution in [0.3, 0.4) is 0 Å². The predicted octanol–water partition coefficient (Wildman–Crippen LogP) is -1.12. The lowest BCUT2D eigenvalue weighted by atomic mass is 10.2. The van der Waals surface area contributed by atoms with E-state index in [9.17, 15) is 13.2 Å².